The zero-order valence-electron chi connectivity index (χ0n) is 12.9. The number of rotatable bonds is 3. The maximum absolute atomic E-state index is 6.34. The van der Waals surface area contributed by atoms with E-state index in [1.165, 1.54) is 11.3 Å². The van der Waals surface area contributed by atoms with Crippen LogP contribution in [0.1, 0.15) is 18.1 Å². The first-order valence-corrected chi connectivity index (χ1v) is 7.40. The van der Waals surface area contributed by atoms with Gasteiger partial charge in [-0.2, -0.15) is 0 Å². The van der Waals surface area contributed by atoms with Crippen molar-refractivity contribution in [3.8, 4) is 5.75 Å². The van der Waals surface area contributed by atoms with Crippen molar-refractivity contribution in [2.24, 2.45) is 0 Å². The Morgan fingerprint density at radius 3 is 2.43 bits per heavy atom. The van der Waals surface area contributed by atoms with E-state index in [0.29, 0.717) is 0 Å². The molecule has 2 aromatic rings. The molecule has 3 heteroatoms. The molecule has 0 spiro atoms. The van der Waals surface area contributed by atoms with Crippen LogP contribution in [0.5, 0.6) is 5.75 Å². The lowest BCUT2D eigenvalue weighted by atomic mass is 10.0. The second-order valence-corrected chi connectivity index (χ2v) is 5.78. The topological polar surface area (TPSA) is 15.7 Å². The van der Waals surface area contributed by atoms with Crippen molar-refractivity contribution in [2.45, 2.75) is 12.5 Å². The number of ether oxygens (including phenoxy) is 1. The minimum absolute atomic E-state index is 0.0923. The van der Waals surface area contributed by atoms with E-state index in [9.17, 15) is 0 Å². The van der Waals surface area contributed by atoms with Gasteiger partial charge in [0.2, 0.25) is 0 Å². The highest BCUT2D eigenvalue weighted by Crippen LogP contribution is 2.43. The van der Waals surface area contributed by atoms with E-state index in [4.69, 9.17) is 4.74 Å². The quantitative estimate of drug-likeness (QED) is 0.850. The van der Waals surface area contributed by atoms with Gasteiger partial charge in [0.1, 0.15) is 11.9 Å². The Morgan fingerprint density at radius 2 is 1.67 bits per heavy atom. The highest BCUT2D eigenvalue weighted by Gasteiger charge is 2.25. The summed E-state index contributed by atoms with van der Waals surface area (Å²) in [5.74, 6) is 0.958. The van der Waals surface area contributed by atoms with Crippen LogP contribution >= 0.6 is 0 Å². The average molecular weight is 282 g/mol. The molecule has 0 amide bonds. The van der Waals surface area contributed by atoms with Gasteiger partial charge in [-0.15, -0.1) is 0 Å². The maximum atomic E-state index is 6.34. The van der Waals surface area contributed by atoms with Crippen LogP contribution in [0, 0.1) is 0 Å². The molecule has 0 aromatic heterocycles. The number of benzene rings is 2. The summed E-state index contributed by atoms with van der Waals surface area (Å²) in [5.41, 5.74) is 3.61. The normalized spacial score (nSPS) is 17.0. The summed E-state index contributed by atoms with van der Waals surface area (Å²) in [6.45, 7) is 1.00. The van der Waals surface area contributed by atoms with Gasteiger partial charge >= 0.3 is 0 Å². The number of nitrogens with zero attached hydrogens (tertiary/aromatic N) is 2. The molecule has 0 N–H and O–H groups in total. The number of para-hydroxylation sites is 3. The Hall–Kier alpha value is -2.00. The number of hydrogen-bond donors (Lipinski definition) is 0. The smallest absolute Gasteiger partial charge is 0.143 e. The molecule has 3 nitrogen and oxygen atoms in total. The Morgan fingerprint density at radius 1 is 1.00 bits per heavy atom. The first-order chi connectivity index (χ1) is 10.2. The number of anilines is 2. The van der Waals surface area contributed by atoms with E-state index in [1.807, 2.05) is 6.07 Å². The highest BCUT2D eigenvalue weighted by atomic mass is 16.5. The lowest BCUT2D eigenvalue weighted by Gasteiger charge is -2.21. The first kappa shape index (κ1) is 14.0. The molecule has 1 aliphatic heterocycles. The van der Waals surface area contributed by atoms with Crippen molar-refractivity contribution < 1.29 is 4.74 Å². The lowest BCUT2D eigenvalue weighted by molar-refractivity contribution is 0.183. The Kier molecular flexibility index (Phi) is 3.84. The predicted octanol–water partition coefficient (Wildman–Crippen LogP) is 3.84. The van der Waals surface area contributed by atoms with Gasteiger partial charge in [0.05, 0.1) is 5.69 Å². The van der Waals surface area contributed by atoms with Crippen molar-refractivity contribution >= 4 is 11.4 Å². The highest BCUT2D eigenvalue weighted by molar-refractivity contribution is 5.72. The van der Waals surface area contributed by atoms with Crippen LogP contribution < -0.4 is 9.64 Å². The molecule has 0 radical (unpaired) electrons. The van der Waals surface area contributed by atoms with Crippen molar-refractivity contribution in [3.05, 3.63) is 54.1 Å². The van der Waals surface area contributed by atoms with E-state index in [1.54, 1.807) is 0 Å². The fraction of sp³-hybridized carbons (Fsp3) is 0.333. The monoisotopic (exact) mass is 282 g/mol. The van der Waals surface area contributed by atoms with Crippen molar-refractivity contribution in [3.63, 3.8) is 0 Å². The summed E-state index contributed by atoms with van der Waals surface area (Å²) in [5, 5.41) is 0. The molecular formula is C18H22N2O. The molecule has 0 saturated heterocycles. The van der Waals surface area contributed by atoms with Gasteiger partial charge in [0, 0.05) is 31.3 Å². The third-order valence-corrected chi connectivity index (χ3v) is 3.98. The fourth-order valence-corrected chi connectivity index (χ4v) is 2.84. The molecule has 0 aliphatic carbocycles. The second-order valence-electron chi connectivity index (χ2n) is 5.78. The third-order valence-electron chi connectivity index (χ3n) is 3.98. The summed E-state index contributed by atoms with van der Waals surface area (Å²) in [6.07, 6.45) is 1.07. The van der Waals surface area contributed by atoms with Gasteiger partial charge in [0.15, 0.2) is 0 Å². The summed E-state index contributed by atoms with van der Waals surface area (Å²) in [4.78, 5) is 4.42. The summed E-state index contributed by atoms with van der Waals surface area (Å²) in [6, 6.07) is 16.8. The molecule has 0 bridgehead atoms. The molecule has 1 atom stereocenters. The zero-order chi connectivity index (χ0) is 14.8. The molecule has 3 rings (SSSR count). The second kappa shape index (κ2) is 5.78. The summed E-state index contributed by atoms with van der Waals surface area (Å²) < 4.78 is 6.34. The van der Waals surface area contributed by atoms with Gasteiger partial charge in [-0.25, -0.2) is 0 Å². The molecule has 0 saturated carbocycles. The molecule has 21 heavy (non-hydrogen) atoms. The van der Waals surface area contributed by atoms with Crippen molar-refractivity contribution in [1.29, 1.82) is 0 Å². The minimum Gasteiger partial charge on any atom is -0.483 e. The largest absolute Gasteiger partial charge is 0.483 e. The lowest BCUT2D eigenvalue weighted by Crippen LogP contribution is -2.18. The molecule has 2 aromatic carbocycles. The van der Waals surface area contributed by atoms with Crippen LogP contribution in [0.3, 0.4) is 0 Å². The molecule has 1 aliphatic rings. The molecular weight excluding hydrogens is 260 g/mol. The first-order valence-electron chi connectivity index (χ1n) is 7.40. The fourth-order valence-electron chi connectivity index (χ4n) is 2.84. The number of hydrogen-bond acceptors (Lipinski definition) is 3. The minimum atomic E-state index is 0.0923. The Labute approximate surface area is 126 Å². The summed E-state index contributed by atoms with van der Waals surface area (Å²) >= 11 is 0. The zero-order valence-corrected chi connectivity index (χ0v) is 12.9. The van der Waals surface area contributed by atoms with Crippen LogP contribution in [0.25, 0.3) is 0 Å². The van der Waals surface area contributed by atoms with Gasteiger partial charge in [-0.3, -0.25) is 0 Å². The van der Waals surface area contributed by atoms with Crippen LogP contribution in [-0.2, 0) is 0 Å². The SMILES string of the molecule is CN(C)CCC1Oc2ccccc2N(C)c2ccccc21. The molecule has 110 valence electrons. The van der Waals surface area contributed by atoms with E-state index in [-0.39, 0.29) is 6.10 Å². The van der Waals surface area contributed by atoms with E-state index in [2.05, 4.69) is 73.4 Å². The Balaban J connectivity index is 2.04. The predicted molar refractivity (Wildman–Crippen MR) is 87.5 cm³/mol. The van der Waals surface area contributed by atoms with Gasteiger partial charge < -0.3 is 14.5 Å². The molecule has 0 fully saturated rings. The van der Waals surface area contributed by atoms with Crippen LogP contribution in [0.2, 0.25) is 0 Å². The van der Waals surface area contributed by atoms with E-state index >= 15 is 0 Å². The van der Waals surface area contributed by atoms with Crippen LogP contribution in [0.4, 0.5) is 11.4 Å². The van der Waals surface area contributed by atoms with Crippen molar-refractivity contribution in [2.75, 3.05) is 32.6 Å². The Bertz CT molecular complexity index is 624. The van der Waals surface area contributed by atoms with Crippen LogP contribution in [-0.4, -0.2) is 32.6 Å². The standard InChI is InChI=1S/C18H22N2O/c1-19(2)13-12-17-14-8-4-5-9-15(14)20(3)16-10-6-7-11-18(16)21-17/h4-11,17H,12-13H2,1-3H3. The van der Waals surface area contributed by atoms with E-state index in [0.717, 1.165) is 24.4 Å². The van der Waals surface area contributed by atoms with E-state index < -0.39 is 0 Å². The number of fused-ring (bicyclic) bond motifs is 2. The molecule has 1 unspecified atom stereocenters. The molecule has 1 heterocycles. The maximum Gasteiger partial charge on any atom is 0.143 e. The van der Waals surface area contributed by atoms with Gasteiger partial charge in [-0.1, -0.05) is 30.3 Å². The van der Waals surface area contributed by atoms with Crippen LogP contribution in [0.15, 0.2) is 48.5 Å². The summed E-state index contributed by atoms with van der Waals surface area (Å²) in [7, 11) is 6.31. The third kappa shape index (κ3) is 2.74. The van der Waals surface area contributed by atoms with Gasteiger partial charge in [-0.05, 0) is 32.3 Å². The van der Waals surface area contributed by atoms with Crippen molar-refractivity contribution in [1.82, 2.24) is 4.90 Å². The van der Waals surface area contributed by atoms with Gasteiger partial charge in [0.25, 0.3) is 0 Å². The average Bonchev–Trinajstić information content (AvgIpc) is 2.62.